The molecule has 4 aromatic rings. The first kappa shape index (κ1) is 21.5. The topological polar surface area (TPSA) is 69.0 Å². The summed E-state index contributed by atoms with van der Waals surface area (Å²) in [5, 5.41) is 8.44. The smallest absolute Gasteiger partial charge is 0.224 e. The van der Waals surface area contributed by atoms with Crippen molar-refractivity contribution >= 4 is 22.6 Å². The summed E-state index contributed by atoms with van der Waals surface area (Å²) in [7, 11) is 1.56. The van der Waals surface area contributed by atoms with Gasteiger partial charge in [-0.2, -0.15) is 10.1 Å². The monoisotopic (exact) mass is 432 g/mol. The number of carbonyl (C=O) groups is 1. The first-order valence-corrected chi connectivity index (χ1v) is 10.4. The molecule has 7 heteroatoms. The first-order valence-electron chi connectivity index (χ1n) is 10.4. The van der Waals surface area contributed by atoms with E-state index in [2.05, 4.69) is 15.4 Å². The SMILES string of the molecule is COc1nc2c(c(C)nn2-c2cccc(F)c2)c(C)c1CCC(=O)Nc1ccccc1C. The normalized spacial score (nSPS) is 11.0. The molecule has 0 bridgehead atoms. The van der Waals surface area contributed by atoms with E-state index in [1.165, 1.54) is 12.1 Å². The Morgan fingerprint density at radius 2 is 1.91 bits per heavy atom. The summed E-state index contributed by atoms with van der Waals surface area (Å²) in [6.45, 7) is 5.83. The van der Waals surface area contributed by atoms with Crippen LogP contribution in [0.4, 0.5) is 10.1 Å². The highest BCUT2D eigenvalue weighted by Gasteiger charge is 2.20. The number of benzene rings is 2. The van der Waals surface area contributed by atoms with Crippen molar-refractivity contribution in [3.8, 4) is 11.6 Å². The highest BCUT2D eigenvalue weighted by molar-refractivity contribution is 5.92. The van der Waals surface area contributed by atoms with Gasteiger partial charge in [0.05, 0.1) is 18.5 Å². The van der Waals surface area contributed by atoms with E-state index in [9.17, 15) is 9.18 Å². The summed E-state index contributed by atoms with van der Waals surface area (Å²) in [4.78, 5) is 17.3. The van der Waals surface area contributed by atoms with Gasteiger partial charge in [-0.05, 0) is 62.6 Å². The van der Waals surface area contributed by atoms with Crippen LogP contribution in [0.15, 0.2) is 48.5 Å². The van der Waals surface area contributed by atoms with Gasteiger partial charge in [0.2, 0.25) is 11.8 Å². The molecule has 2 aromatic carbocycles. The van der Waals surface area contributed by atoms with Gasteiger partial charge in [0.15, 0.2) is 5.65 Å². The third kappa shape index (κ3) is 4.06. The second kappa shape index (κ2) is 8.78. The first-order chi connectivity index (χ1) is 15.4. The molecule has 0 aliphatic heterocycles. The van der Waals surface area contributed by atoms with E-state index in [1.54, 1.807) is 23.9 Å². The van der Waals surface area contributed by atoms with Crippen LogP contribution >= 0.6 is 0 Å². The molecule has 6 nitrogen and oxygen atoms in total. The number of aromatic nitrogens is 3. The molecule has 0 aliphatic rings. The largest absolute Gasteiger partial charge is 0.481 e. The Bertz CT molecular complexity index is 1310. The molecule has 0 saturated carbocycles. The van der Waals surface area contributed by atoms with E-state index in [0.29, 0.717) is 23.6 Å². The number of nitrogens with zero attached hydrogens (tertiary/aromatic N) is 3. The van der Waals surface area contributed by atoms with Crippen molar-refractivity contribution in [1.82, 2.24) is 14.8 Å². The Balaban J connectivity index is 1.67. The lowest BCUT2D eigenvalue weighted by Crippen LogP contribution is -2.14. The molecule has 0 unspecified atom stereocenters. The molecule has 0 aliphatic carbocycles. The van der Waals surface area contributed by atoms with Crippen molar-refractivity contribution in [2.45, 2.75) is 33.6 Å². The number of aryl methyl sites for hydroxylation is 3. The number of ether oxygens (including phenoxy) is 1. The minimum atomic E-state index is -0.344. The maximum Gasteiger partial charge on any atom is 0.224 e. The molecule has 2 heterocycles. The molecule has 1 N–H and O–H groups in total. The van der Waals surface area contributed by atoms with Crippen LogP contribution < -0.4 is 10.1 Å². The summed E-state index contributed by atoms with van der Waals surface area (Å²) >= 11 is 0. The van der Waals surface area contributed by atoms with Crippen molar-refractivity contribution in [1.29, 1.82) is 0 Å². The lowest BCUT2D eigenvalue weighted by atomic mass is 10.0. The van der Waals surface area contributed by atoms with Crippen molar-refractivity contribution in [2.24, 2.45) is 0 Å². The number of hydrogen-bond donors (Lipinski definition) is 1. The second-order valence-corrected chi connectivity index (χ2v) is 7.76. The van der Waals surface area contributed by atoms with Crippen LogP contribution in [0.5, 0.6) is 5.88 Å². The van der Waals surface area contributed by atoms with Crippen molar-refractivity contribution in [2.75, 3.05) is 12.4 Å². The van der Waals surface area contributed by atoms with Crippen LogP contribution in [0, 0.1) is 26.6 Å². The number of nitrogens with one attached hydrogen (secondary N) is 1. The molecule has 32 heavy (non-hydrogen) atoms. The molecule has 0 fully saturated rings. The number of anilines is 1. The Morgan fingerprint density at radius 1 is 1.12 bits per heavy atom. The Labute approximate surface area is 186 Å². The van der Waals surface area contributed by atoms with Crippen LogP contribution in [0.1, 0.15) is 28.8 Å². The van der Waals surface area contributed by atoms with Crippen LogP contribution in [0.2, 0.25) is 0 Å². The average Bonchev–Trinajstić information content (AvgIpc) is 3.11. The number of fused-ring (bicyclic) bond motifs is 1. The lowest BCUT2D eigenvalue weighted by molar-refractivity contribution is -0.116. The van der Waals surface area contributed by atoms with Gasteiger partial charge in [0.25, 0.3) is 0 Å². The fourth-order valence-electron chi connectivity index (χ4n) is 3.95. The van der Waals surface area contributed by atoms with Gasteiger partial charge in [-0.15, -0.1) is 0 Å². The van der Waals surface area contributed by atoms with E-state index < -0.39 is 0 Å². The van der Waals surface area contributed by atoms with Gasteiger partial charge in [-0.1, -0.05) is 24.3 Å². The fourth-order valence-corrected chi connectivity index (χ4v) is 3.95. The summed E-state index contributed by atoms with van der Waals surface area (Å²) in [5.41, 5.74) is 5.60. The third-order valence-electron chi connectivity index (χ3n) is 5.60. The van der Waals surface area contributed by atoms with E-state index in [4.69, 9.17) is 4.74 Å². The Hall–Kier alpha value is -3.74. The van der Waals surface area contributed by atoms with Gasteiger partial charge < -0.3 is 10.1 Å². The summed E-state index contributed by atoms with van der Waals surface area (Å²) in [5.74, 6) is 0.0213. The number of amides is 1. The zero-order valence-corrected chi connectivity index (χ0v) is 18.6. The zero-order valence-electron chi connectivity index (χ0n) is 18.6. The summed E-state index contributed by atoms with van der Waals surface area (Å²) in [6, 6.07) is 13.9. The molecular weight excluding hydrogens is 407 g/mol. The van der Waals surface area contributed by atoms with Crippen molar-refractivity contribution in [3.05, 3.63) is 76.7 Å². The van der Waals surface area contributed by atoms with Gasteiger partial charge in [-0.25, -0.2) is 9.07 Å². The predicted octanol–water partition coefficient (Wildman–Crippen LogP) is 5.06. The molecule has 4 rings (SSSR count). The molecular formula is C25H25FN4O2. The van der Waals surface area contributed by atoms with Crippen LogP contribution in [0.3, 0.4) is 0 Å². The van der Waals surface area contributed by atoms with Gasteiger partial charge in [-0.3, -0.25) is 4.79 Å². The molecule has 0 saturated heterocycles. The average molecular weight is 432 g/mol. The van der Waals surface area contributed by atoms with Crippen LogP contribution in [-0.2, 0) is 11.2 Å². The lowest BCUT2D eigenvalue weighted by Gasteiger charge is -2.13. The highest BCUT2D eigenvalue weighted by Crippen LogP contribution is 2.32. The van der Waals surface area contributed by atoms with Gasteiger partial charge >= 0.3 is 0 Å². The molecule has 2 aromatic heterocycles. The predicted molar refractivity (Wildman–Crippen MR) is 123 cm³/mol. The fraction of sp³-hybridized carbons (Fsp3) is 0.240. The van der Waals surface area contributed by atoms with Gasteiger partial charge in [0.1, 0.15) is 5.82 Å². The number of carbonyl (C=O) groups excluding carboxylic acids is 1. The van der Waals surface area contributed by atoms with Gasteiger partial charge in [0, 0.05) is 23.1 Å². The molecule has 164 valence electrons. The minimum Gasteiger partial charge on any atom is -0.481 e. The maximum absolute atomic E-state index is 13.8. The number of rotatable bonds is 6. The standard InChI is InChI=1S/C25H25FN4O2/c1-15-8-5-6-11-21(15)27-22(31)13-12-20-16(2)23-17(3)29-30(24(23)28-25(20)32-4)19-10-7-9-18(26)14-19/h5-11,14H,12-13H2,1-4H3,(H,27,31). The second-order valence-electron chi connectivity index (χ2n) is 7.76. The molecule has 0 atom stereocenters. The maximum atomic E-state index is 13.8. The van der Waals surface area contributed by atoms with E-state index in [0.717, 1.165) is 33.5 Å². The number of hydrogen-bond acceptors (Lipinski definition) is 4. The van der Waals surface area contributed by atoms with Crippen molar-refractivity contribution in [3.63, 3.8) is 0 Å². The quantitative estimate of drug-likeness (QED) is 0.462. The summed E-state index contributed by atoms with van der Waals surface area (Å²) < 4.78 is 21.0. The number of para-hydroxylation sites is 1. The zero-order chi connectivity index (χ0) is 22.8. The molecule has 0 spiro atoms. The van der Waals surface area contributed by atoms with Crippen molar-refractivity contribution < 1.29 is 13.9 Å². The third-order valence-corrected chi connectivity index (χ3v) is 5.60. The number of pyridine rings is 1. The van der Waals surface area contributed by atoms with E-state index in [-0.39, 0.29) is 18.1 Å². The highest BCUT2D eigenvalue weighted by atomic mass is 19.1. The molecule has 1 amide bonds. The van der Waals surface area contributed by atoms with Crippen LogP contribution in [0.25, 0.3) is 16.7 Å². The molecule has 0 radical (unpaired) electrons. The van der Waals surface area contributed by atoms with E-state index in [1.807, 2.05) is 45.0 Å². The summed E-state index contributed by atoms with van der Waals surface area (Å²) in [6.07, 6.45) is 0.760. The number of halogens is 1. The van der Waals surface area contributed by atoms with Crippen LogP contribution in [-0.4, -0.2) is 27.8 Å². The van der Waals surface area contributed by atoms with E-state index >= 15 is 0 Å². The Morgan fingerprint density at radius 3 is 2.62 bits per heavy atom. The minimum absolute atomic E-state index is 0.0759. The number of methoxy groups -OCH3 is 1. The Kier molecular flexibility index (Phi) is 5.90.